The Morgan fingerprint density at radius 1 is 0.837 bits per heavy atom. The van der Waals surface area contributed by atoms with E-state index in [1.54, 1.807) is 13.0 Å². The number of Topliss-reactive ketones (excluding diaryl/α,β-unsaturated/α-hetero) is 1. The molecule has 0 aromatic heterocycles. The number of hydrogen-bond donors (Lipinski definition) is 1. The Hall–Kier alpha value is -3.76. The molecule has 1 amide bonds. The van der Waals surface area contributed by atoms with Gasteiger partial charge in [0.1, 0.15) is 0 Å². The van der Waals surface area contributed by atoms with Crippen molar-refractivity contribution < 1.29 is 38.4 Å². The van der Waals surface area contributed by atoms with Crippen LogP contribution in [0.3, 0.4) is 0 Å². The van der Waals surface area contributed by atoms with Crippen molar-refractivity contribution in [3.8, 4) is 11.1 Å². The van der Waals surface area contributed by atoms with E-state index in [9.17, 15) is 19.5 Å². The van der Waals surface area contributed by atoms with Gasteiger partial charge in [0.2, 0.25) is 0 Å². The van der Waals surface area contributed by atoms with Crippen LogP contribution in [0, 0.1) is 6.92 Å². The Morgan fingerprint density at radius 3 is 2.12 bits per heavy atom. The van der Waals surface area contributed by atoms with Gasteiger partial charge in [-0.05, 0) is 96.5 Å². The molecule has 0 heterocycles. The van der Waals surface area contributed by atoms with Gasteiger partial charge in [-0.1, -0.05) is 60.7 Å². The van der Waals surface area contributed by atoms with E-state index in [4.69, 9.17) is 0 Å². The van der Waals surface area contributed by atoms with Gasteiger partial charge >= 0.3 is 18.9 Å². The molecular formula is C35H35LiN2O4S. The second kappa shape index (κ2) is 16.2. The number of rotatable bonds is 13. The topological polar surface area (TPSA) is 89.5 Å². The van der Waals surface area contributed by atoms with Crippen LogP contribution in [0.25, 0.3) is 11.1 Å². The first-order valence-corrected chi connectivity index (χ1v) is 15.3. The van der Waals surface area contributed by atoms with E-state index in [2.05, 4.69) is 22.3 Å². The van der Waals surface area contributed by atoms with Crippen molar-refractivity contribution in [2.45, 2.75) is 39.4 Å². The molecule has 0 saturated carbocycles. The summed E-state index contributed by atoms with van der Waals surface area (Å²) in [6.45, 7) is 4.74. The minimum atomic E-state index is -1.29. The summed E-state index contributed by atoms with van der Waals surface area (Å²) in [5.41, 5.74) is 6.79. The van der Waals surface area contributed by atoms with E-state index in [0.717, 1.165) is 33.5 Å². The molecule has 1 N–H and O–H groups in total. The summed E-state index contributed by atoms with van der Waals surface area (Å²) < 4.78 is 0. The van der Waals surface area contributed by atoms with E-state index in [1.807, 2.05) is 92.0 Å². The third-order valence-corrected chi connectivity index (χ3v) is 7.84. The first-order chi connectivity index (χ1) is 20.3. The van der Waals surface area contributed by atoms with Crippen molar-refractivity contribution >= 4 is 35.1 Å². The zero-order valence-corrected chi connectivity index (χ0v) is 25.9. The molecule has 0 spiro atoms. The van der Waals surface area contributed by atoms with E-state index in [-0.39, 0.29) is 31.1 Å². The molecule has 0 aliphatic heterocycles. The predicted octanol–water partition coefficient (Wildman–Crippen LogP) is 2.68. The number of benzene rings is 4. The van der Waals surface area contributed by atoms with Crippen LogP contribution in [-0.4, -0.2) is 35.7 Å². The van der Waals surface area contributed by atoms with E-state index in [1.165, 1.54) is 11.8 Å². The molecule has 43 heavy (non-hydrogen) atoms. The maximum absolute atomic E-state index is 13.5. The molecule has 0 saturated heterocycles. The number of amides is 1. The van der Waals surface area contributed by atoms with Gasteiger partial charge in [-0.25, -0.2) is 0 Å². The fourth-order valence-electron chi connectivity index (χ4n) is 4.88. The molecule has 4 aromatic carbocycles. The van der Waals surface area contributed by atoms with Gasteiger partial charge in [-0.3, -0.25) is 9.59 Å². The molecule has 0 radical (unpaired) electrons. The Labute approximate surface area is 270 Å². The summed E-state index contributed by atoms with van der Waals surface area (Å²) in [5.74, 6) is -1.13. The number of carbonyl (C=O) groups excluding carboxylic acids is 3. The largest absolute Gasteiger partial charge is 1.00 e. The van der Waals surface area contributed by atoms with Crippen LogP contribution in [0.2, 0.25) is 0 Å². The number of anilines is 1. The molecule has 1 atom stereocenters. The van der Waals surface area contributed by atoms with Gasteiger partial charge in [0.05, 0.1) is 12.0 Å². The van der Waals surface area contributed by atoms with E-state index in [0.29, 0.717) is 30.0 Å². The van der Waals surface area contributed by atoms with Gasteiger partial charge < -0.3 is 20.1 Å². The van der Waals surface area contributed by atoms with Crippen LogP contribution in [0.1, 0.15) is 50.8 Å². The van der Waals surface area contributed by atoms with Crippen LogP contribution in [0.4, 0.5) is 5.69 Å². The minimum Gasteiger partial charge on any atom is -0.548 e. The average molecular weight is 587 g/mol. The first-order valence-electron chi connectivity index (χ1n) is 13.9. The smallest absolute Gasteiger partial charge is 0.548 e. The Morgan fingerprint density at radius 2 is 1.49 bits per heavy atom. The van der Waals surface area contributed by atoms with Crippen LogP contribution < -0.4 is 34.2 Å². The molecule has 4 rings (SSSR count). The first kappa shape index (κ1) is 33.7. The molecule has 6 nitrogen and oxygen atoms in total. The summed E-state index contributed by atoms with van der Waals surface area (Å²) >= 11 is 1.52. The Bertz CT molecular complexity index is 1540. The van der Waals surface area contributed by atoms with E-state index >= 15 is 0 Å². The number of carboxylic acids is 1. The summed E-state index contributed by atoms with van der Waals surface area (Å²) in [5, 5.41) is 14.4. The fourth-order valence-corrected chi connectivity index (χ4v) is 5.35. The summed E-state index contributed by atoms with van der Waals surface area (Å²) in [4.78, 5) is 39.3. The number of aryl methyl sites for hydroxylation is 1. The van der Waals surface area contributed by atoms with Crippen molar-refractivity contribution in [3.05, 3.63) is 125 Å². The monoisotopic (exact) mass is 586 g/mol. The summed E-state index contributed by atoms with van der Waals surface area (Å²) in [6, 6.07) is 30.2. The van der Waals surface area contributed by atoms with Crippen LogP contribution in [-0.2, 0) is 17.9 Å². The summed E-state index contributed by atoms with van der Waals surface area (Å²) in [7, 11) is 0. The summed E-state index contributed by atoms with van der Waals surface area (Å²) in [6.07, 6.45) is 2.17. The molecule has 1 unspecified atom stereocenters. The van der Waals surface area contributed by atoms with Crippen LogP contribution >= 0.6 is 11.8 Å². The van der Waals surface area contributed by atoms with Gasteiger partial charge in [-0.2, -0.15) is 11.8 Å². The van der Waals surface area contributed by atoms with Gasteiger partial charge in [0.15, 0.2) is 5.78 Å². The fraction of sp³-hybridized carbons (Fsp3) is 0.229. The van der Waals surface area contributed by atoms with Crippen molar-refractivity contribution in [3.63, 3.8) is 0 Å². The van der Waals surface area contributed by atoms with Crippen molar-refractivity contribution in [1.82, 2.24) is 5.32 Å². The van der Waals surface area contributed by atoms with Crippen LogP contribution in [0.15, 0.2) is 97.1 Å². The molecule has 4 aromatic rings. The zero-order valence-electron chi connectivity index (χ0n) is 25.1. The SMILES string of the molecule is CSCCC(NC(=O)c1ccc(CN(Cc2ccccc2)c2ccc(C(C)=O)cc2)cc1-c1ccccc1C)C(=O)[O-].[Li+]. The average Bonchev–Trinajstić information content (AvgIpc) is 2.99. The van der Waals surface area contributed by atoms with Crippen molar-refractivity contribution in [1.29, 1.82) is 0 Å². The van der Waals surface area contributed by atoms with Gasteiger partial charge in [0, 0.05) is 29.9 Å². The molecule has 216 valence electrons. The van der Waals surface area contributed by atoms with Crippen molar-refractivity contribution in [2.75, 3.05) is 16.9 Å². The van der Waals surface area contributed by atoms with Gasteiger partial charge in [0.25, 0.3) is 5.91 Å². The second-order valence-electron chi connectivity index (χ2n) is 10.3. The maximum atomic E-state index is 13.5. The molecule has 0 bridgehead atoms. The number of aliphatic carboxylic acids is 1. The molecular weight excluding hydrogens is 551 g/mol. The Balaban J connectivity index is 0.00000506. The molecule has 0 aliphatic rings. The third-order valence-electron chi connectivity index (χ3n) is 7.19. The Kier molecular flexibility index (Phi) is 12.7. The van der Waals surface area contributed by atoms with Crippen LogP contribution in [0.5, 0.6) is 0 Å². The normalized spacial score (nSPS) is 11.2. The quantitative estimate of drug-likeness (QED) is 0.192. The standard InChI is InChI=1S/C35H36N2O4S.Li/c1-24-9-7-8-12-30(24)32-21-27(13-18-31(32)34(39)36-33(35(40)41)19-20-42-3)23-37(22-26-10-5-4-6-11-26)29-16-14-28(15-17-29)25(2)38;/h4-18,21,33H,19-20,22-23H2,1-3H3,(H,36,39)(H,40,41);/q;+1/p-1. The molecule has 0 aliphatic carbocycles. The third kappa shape index (κ3) is 9.11. The second-order valence-corrected chi connectivity index (χ2v) is 11.3. The number of hydrogen-bond acceptors (Lipinski definition) is 6. The predicted molar refractivity (Wildman–Crippen MR) is 169 cm³/mol. The number of carboxylic acid groups (broad SMARTS) is 1. The number of nitrogens with zero attached hydrogens (tertiary/aromatic N) is 1. The number of ketones is 1. The van der Waals surface area contributed by atoms with Crippen molar-refractivity contribution in [2.24, 2.45) is 0 Å². The van der Waals surface area contributed by atoms with E-state index < -0.39 is 17.9 Å². The zero-order chi connectivity index (χ0) is 30.1. The number of nitrogens with one attached hydrogen (secondary N) is 1. The molecule has 8 heteroatoms. The maximum Gasteiger partial charge on any atom is 1.00 e. The van der Waals surface area contributed by atoms with Gasteiger partial charge in [-0.15, -0.1) is 0 Å². The number of thioether (sulfide) groups is 1. The number of carbonyl (C=O) groups is 3. The molecule has 0 fully saturated rings. The minimum absolute atomic E-state index is 0.